The number of rotatable bonds is 5. The molecule has 0 amide bonds. The maximum atomic E-state index is 13.6. The van der Waals surface area contributed by atoms with Crippen molar-refractivity contribution in [3.8, 4) is 0 Å². The van der Waals surface area contributed by atoms with E-state index in [9.17, 15) is 4.39 Å². The van der Waals surface area contributed by atoms with Crippen LogP contribution in [0.1, 0.15) is 30.4 Å². The number of likely N-dealkylation sites (tertiary alicyclic amines) is 1. The van der Waals surface area contributed by atoms with Gasteiger partial charge in [0.05, 0.1) is 6.20 Å². The molecule has 4 rings (SSSR count). The SMILES string of the molecule is CN=C(NCC1(c2cccc(F)c2)CC1)N1CCC(Cc2cnn(C)c2)C1. The molecule has 0 radical (unpaired) electrons. The Balaban J connectivity index is 1.33. The first-order valence-electron chi connectivity index (χ1n) is 9.77. The van der Waals surface area contributed by atoms with Gasteiger partial charge in [0.2, 0.25) is 0 Å². The number of aromatic nitrogens is 2. The Morgan fingerprint density at radius 3 is 2.93 bits per heavy atom. The molecule has 2 heterocycles. The van der Waals surface area contributed by atoms with Crippen molar-refractivity contribution in [1.29, 1.82) is 0 Å². The van der Waals surface area contributed by atoms with Crippen molar-refractivity contribution in [3.05, 3.63) is 53.6 Å². The average Bonchev–Trinajstić information content (AvgIpc) is 3.13. The van der Waals surface area contributed by atoms with Gasteiger partial charge in [0.15, 0.2) is 5.96 Å². The number of guanidine groups is 1. The van der Waals surface area contributed by atoms with Crippen LogP contribution in [0.15, 0.2) is 41.7 Å². The third-order valence-electron chi connectivity index (χ3n) is 5.96. The summed E-state index contributed by atoms with van der Waals surface area (Å²) in [7, 11) is 3.81. The molecule has 1 aliphatic carbocycles. The fraction of sp³-hybridized carbons (Fsp3) is 0.524. The topological polar surface area (TPSA) is 45.5 Å². The van der Waals surface area contributed by atoms with Crippen molar-refractivity contribution in [2.75, 3.05) is 26.7 Å². The fourth-order valence-electron chi connectivity index (χ4n) is 4.22. The van der Waals surface area contributed by atoms with Crippen molar-refractivity contribution in [2.24, 2.45) is 18.0 Å². The summed E-state index contributed by atoms with van der Waals surface area (Å²) in [5.41, 5.74) is 2.46. The zero-order valence-corrected chi connectivity index (χ0v) is 16.2. The van der Waals surface area contributed by atoms with Crippen molar-refractivity contribution >= 4 is 5.96 Å². The van der Waals surface area contributed by atoms with E-state index < -0.39 is 0 Å². The predicted molar refractivity (Wildman–Crippen MR) is 105 cm³/mol. The summed E-state index contributed by atoms with van der Waals surface area (Å²) in [6.07, 6.45) is 8.50. The van der Waals surface area contributed by atoms with Gasteiger partial charge in [-0.25, -0.2) is 4.39 Å². The van der Waals surface area contributed by atoms with E-state index in [1.54, 1.807) is 6.07 Å². The number of aliphatic imine (C=N–C) groups is 1. The second-order valence-corrected chi connectivity index (χ2v) is 8.02. The third kappa shape index (κ3) is 3.99. The molecular formula is C21H28FN5. The van der Waals surface area contributed by atoms with E-state index in [1.165, 1.54) is 18.1 Å². The van der Waals surface area contributed by atoms with E-state index in [2.05, 4.69) is 26.5 Å². The zero-order chi connectivity index (χ0) is 18.9. The van der Waals surface area contributed by atoms with Crippen molar-refractivity contribution in [2.45, 2.75) is 31.1 Å². The van der Waals surface area contributed by atoms with Gasteiger partial charge in [0.25, 0.3) is 0 Å². The van der Waals surface area contributed by atoms with E-state index in [4.69, 9.17) is 0 Å². The Hall–Kier alpha value is -2.37. The summed E-state index contributed by atoms with van der Waals surface area (Å²) in [6, 6.07) is 7.04. The monoisotopic (exact) mass is 369 g/mol. The quantitative estimate of drug-likeness (QED) is 0.651. The molecule has 2 aromatic rings. The van der Waals surface area contributed by atoms with Gasteiger partial charge in [-0.3, -0.25) is 9.67 Å². The number of nitrogens with zero attached hydrogens (tertiary/aromatic N) is 4. The zero-order valence-electron chi connectivity index (χ0n) is 16.2. The minimum atomic E-state index is -0.152. The van der Waals surface area contributed by atoms with Crippen LogP contribution in [-0.2, 0) is 18.9 Å². The van der Waals surface area contributed by atoms with Gasteiger partial charge in [0.1, 0.15) is 5.82 Å². The van der Waals surface area contributed by atoms with Crippen molar-refractivity contribution in [1.82, 2.24) is 20.0 Å². The standard InChI is InChI=1S/C21H28FN5/c1-23-20(24-15-21(7-8-21)18-4-3-5-19(22)11-18)27-9-6-16(14-27)10-17-12-25-26(2)13-17/h3-5,11-13,16H,6-10,14-15H2,1-2H3,(H,23,24). The normalized spacial score (nSPS) is 21.5. The lowest BCUT2D eigenvalue weighted by Gasteiger charge is -2.24. The molecule has 1 saturated heterocycles. The second kappa shape index (κ2) is 7.33. The Morgan fingerprint density at radius 2 is 2.26 bits per heavy atom. The van der Waals surface area contributed by atoms with Gasteiger partial charge in [-0.15, -0.1) is 0 Å². The van der Waals surface area contributed by atoms with Gasteiger partial charge in [-0.05, 0) is 54.9 Å². The number of benzene rings is 1. The summed E-state index contributed by atoms with van der Waals surface area (Å²) in [5.74, 6) is 1.44. The Labute approximate surface area is 160 Å². The minimum Gasteiger partial charge on any atom is -0.355 e. The van der Waals surface area contributed by atoms with Gasteiger partial charge in [-0.1, -0.05) is 12.1 Å². The third-order valence-corrected chi connectivity index (χ3v) is 5.96. The molecule has 0 bridgehead atoms. The lowest BCUT2D eigenvalue weighted by molar-refractivity contribution is 0.455. The maximum absolute atomic E-state index is 13.6. The molecule has 1 saturated carbocycles. The summed E-state index contributed by atoms with van der Waals surface area (Å²) < 4.78 is 15.5. The molecule has 5 nitrogen and oxygen atoms in total. The number of aryl methyl sites for hydroxylation is 1. The molecule has 1 aromatic carbocycles. The first kappa shape index (κ1) is 18.0. The summed E-state index contributed by atoms with van der Waals surface area (Å²) >= 11 is 0. The molecule has 1 atom stereocenters. The number of nitrogens with one attached hydrogen (secondary N) is 1. The maximum Gasteiger partial charge on any atom is 0.193 e. The number of hydrogen-bond donors (Lipinski definition) is 1. The first-order valence-corrected chi connectivity index (χ1v) is 9.77. The van der Waals surface area contributed by atoms with Gasteiger partial charge >= 0.3 is 0 Å². The molecule has 1 aromatic heterocycles. The van der Waals surface area contributed by atoms with E-state index in [-0.39, 0.29) is 11.2 Å². The lowest BCUT2D eigenvalue weighted by atomic mass is 9.96. The Kier molecular flexibility index (Phi) is 4.89. The van der Waals surface area contributed by atoms with E-state index in [1.807, 2.05) is 37.1 Å². The fourth-order valence-corrected chi connectivity index (χ4v) is 4.22. The smallest absolute Gasteiger partial charge is 0.193 e. The van der Waals surface area contributed by atoms with Crippen LogP contribution in [0, 0.1) is 11.7 Å². The highest BCUT2D eigenvalue weighted by molar-refractivity contribution is 5.80. The van der Waals surface area contributed by atoms with Gasteiger partial charge in [-0.2, -0.15) is 5.10 Å². The molecule has 27 heavy (non-hydrogen) atoms. The van der Waals surface area contributed by atoms with Crippen LogP contribution in [0.4, 0.5) is 4.39 Å². The van der Waals surface area contributed by atoms with Crippen LogP contribution >= 0.6 is 0 Å². The molecule has 1 unspecified atom stereocenters. The highest BCUT2D eigenvalue weighted by Crippen LogP contribution is 2.47. The van der Waals surface area contributed by atoms with Crippen LogP contribution in [-0.4, -0.2) is 47.3 Å². The average molecular weight is 369 g/mol. The van der Waals surface area contributed by atoms with Crippen LogP contribution < -0.4 is 5.32 Å². The molecule has 1 aliphatic heterocycles. The summed E-state index contributed by atoms with van der Waals surface area (Å²) in [5, 5.41) is 7.83. The van der Waals surface area contributed by atoms with Crippen LogP contribution in [0.3, 0.4) is 0 Å². The second-order valence-electron chi connectivity index (χ2n) is 8.02. The summed E-state index contributed by atoms with van der Waals surface area (Å²) in [6.45, 7) is 2.85. The lowest BCUT2D eigenvalue weighted by Crippen LogP contribution is -2.43. The number of halogens is 1. The summed E-state index contributed by atoms with van der Waals surface area (Å²) in [4.78, 5) is 6.85. The molecular weight excluding hydrogens is 341 g/mol. The Bertz CT molecular complexity index is 823. The molecule has 0 spiro atoms. The van der Waals surface area contributed by atoms with E-state index in [0.717, 1.165) is 50.4 Å². The van der Waals surface area contributed by atoms with E-state index >= 15 is 0 Å². The van der Waals surface area contributed by atoms with Crippen molar-refractivity contribution in [3.63, 3.8) is 0 Å². The van der Waals surface area contributed by atoms with Gasteiger partial charge in [0, 0.05) is 45.3 Å². The Morgan fingerprint density at radius 1 is 1.41 bits per heavy atom. The first-order chi connectivity index (χ1) is 13.1. The molecule has 2 aliphatic rings. The van der Waals surface area contributed by atoms with Gasteiger partial charge < -0.3 is 10.2 Å². The molecule has 2 fully saturated rings. The predicted octanol–water partition coefficient (Wildman–Crippen LogP) is 2.73. The highest BCUT2D eigenvalue weighted by atomic mass is 19.1. The molecule has 1 N–H and O–H groups in total. The molecule has 6 heteroatoms. The molecule has 144 valence electrons. The van der Waals surface area contributed by atoms with Crippen molar-refractivity contribution < 1.29 is 4.39 Å². The largest absolute Gasteiger partial charge is 0.355 e. The van der Waals surface area contributed by atoms with Crippen LogP contribution in [0.2, 0.25) is 0 Å². The van der Waals surface area contributed by atoms with E-state index in [0.29, 0.717) is 5.92 Å². The minimum absolute atomic E-state index is 0.0624. The van der Waals surface area contributed by atoms with Crippen LogP contribution in [0.5, 0.6) is 0 Å². The van der Waals surface area contributed by atoms with Crippen LogP contribution in [0.25, 0.3) is 0 Å². The number of hydrogen-bond acceptors (Lipinski definition) is 2. The highest BCUT2D eigenvalue weighted by Gasteiger charge is 2.44.